The van der Waals surface area contributed by atoms with Crippen LogP contribution in [-0.2, 0) is 11.2 Å². The highest BCUT2D eigenvalue weighted by atomic mass is 35.5. The fraction of sp³-hybridized carbons (Fsp3) is 0.462. The fourth-order valence-corrected chi connectivity index (χ4v) is 1.92. The van der Waals surface area contributed by atoms with Gasteiger partial charge in [-0.25, -0.2) is 0 Å². The minimum absolute atomic E-state index is 0.120. The molecule has 0 aromatic heterocycles. The van der Waals surface area contributed by atoms with Gasteiger partial charge >= 0.3 is 0 Å². The second kappa shape index (κ2) is 5.92. The number of rotatable bonds is 5. The third-order valence-electron chi connectivity index (χ3n) is 2.72. The molecule has 1 atom stereocenters. The van der Waals surface area contributed by atoms with Crippen LogP contribution in [0.1, 0.15) is 32.3 Å². The van der Waals surface area contributed by atoms with Crippen LogP contribution in [0.15, 0.2) is 24.3 Å². The lowest BCUT2D eigenvalue weighted by Gasteiger charge is -2.13. The fourth-order valence-electron chi connectivity index (χ4n) is 1.70. The van der Waals surface area contributed by atoms with Gasteiger partial charge < -0.3 is 0 Å². The Morgan fingerprint density at radius 1 is 1.33 bits per heavy atom. The van der Waals surface area contributed by atoms with Crippen molar-refractivity contribution >= 4 is 17.4 Å². The van der Waals surface area contributed by atoms with E-state index in [2.05, 4.69) is 6.92 Å². The zero-order valence-corrected chi connectivity index (χ0v) is 10.1. The van der Waals surface area contributed by atoms with E-state index in [4.69, 9.17) is 11.6 Å². The molecule has 0 bridgehead atoms. The molecular weight excluding hydrogens is 208 g/mol. The van der Waals surface area contributed by atoms with E-state index in [9.17, 15) is 4.79 Å². The van der Waals surface area contributed by atoms with Gasteiger partial charge in [-0.3, -0.25) is 4.79 Å². The minimum Gasteiger partial charge on any atom is -0.299 e. The van der Waals surface area contributed by atoms with Crippen molar-refractivity contribution in [3.63, 3.8) is 0 Å². The van der Waals surface area contributed by atoms with Crippen molar-refractivity contribution in [2.75, 3.05) is 0 Å². The summed E-state index contributed by atoms with van der Waals surface area (Å²) in [6, 6.07) is 7.74. The van der Waals surface area contributed by atoms with Crippen molar-refractivity contribution < 1.29 is 4.79 Å². The third kappa shape index (κ3) is 3.35. The number of Topliss-reactive ketones (excluding diaryl/α,β-unsaturated/α-hetero) is 1. The molecule has 1 nitrogen and oxygen atoms in total. The first-order chi connectivity index (χ1) is 7.19. The number of hydrogen-bond donors (Lipinski definition) is 0. The summed E-state index contributed by atoms with van der Waals surface area (Å²) in [4.78, 5) is 11.6. The maximum atomic E-state index is 11.6. The lowest BCUT2D eigenvalue weighted by atomic mass is 9.92. The van der Waals surface area contributed by atoms with Gasteiger partial charge in [0.25, 0.3) is 0 Å². The Kier molecular flexibility index (Phi) is 4.83. The summed E-state index contributed by atoms with van der Waals surface area (Å²) in [6.45, 7) is 3.96. The van der Waals surface area contributed by atoms with Crippen LogP contribution in [0.4, 0.5) is 0 Å². The van der Waals surface area contributed by atoms with E-state index in [-0.39, 0.29) is 5.92 Å². The van der Waals surface area contributed by atoms with Gasteiger partial charge in [-0.1, -0.05) is 43.6 Å². The van der Waals surface area contributed by atoms with Gasteiger partial charge in [0.05, 0.1) is 0 Å². The molecule has 1 aromatic rings. The molecule has 0 N–H and O–H groups in total. The van der Waals surface area contributed by atoms with Crippen molar-refractivity contribution in [1.29, 1.82) is 0 Å². The summed E-state index contributed by atoms with van der Waals surface area (Å²) >= 11 is 6.06. The lowest BCUT2D eigenvalue weighted by Crippen LogP contribution is -2.15. The zero-order valence-electron chi connectivity index (χ0n) is 9.29. The minimum atomic E-state index is 0.120. The molecule has 0 aliphatic carbocycles. The number of benzene rings is 1. The molecule has 0 aliphatic rings. The quantitative estimate of drug-likeness (QED) is 0.742. The Bertz CT molecular complexity index is 333. The standard InChI is InChI=1S/C13H17ClO/c1-3-10(13(15)4-2)9-11-7-5-6-8-12(11)14/h5-8,10H,3-4,9H2,1-2H3. The van der Waals surface area contributed by atoms with Gasteiger partial charge in [0.15, 0.2) is 0 Å². The molecule has 0 heterocycles. The highest BCUT2D eigenvalue weighted by Crippen LogP contribution is 2.21. The number of carbonyl (C=O) groups excluding carboxylic acids is 1. The van der Waals surface area contributed by atoms with Crippen molar-refractivity contribution in [2.45, 2.75) is 33.1 Å². The van der Waals surface area contributed by atoms with Crippen LogP contribution in [0.2, 0.25) is 5.02 Å². The predicted molar refractivity (Wildman–Crippen MR) is 64.2 cm³/mol. The summed E-state index contributed by atoms with van der Waals surface area (Å²) in [6.07, 6.45) is 2.27. The number of carbonyl (C=O) groups is 1. The second-order valence-corrected chi connectivity index (χ2v) is 4.13. The lowest BCUT2D eigenvalue weighted by molar-refractivity contribution is -0.122. The summed E-state index contributed by atoms with van der Waals surface area (Å²) < 4.78 is 0. The average molecular weight is 225 g/mol. The van der Waals surface area contributed by atoms with Gasteiger partial charge in [-0.15, -0.1) is 0 Å². The van der Waals surface area contributed by atoms with Gasteiger partial charge in [0.1, 0.15) is 5.78 Å². The maximum Gasteiger partial charge on any atom is 0.136 e. The third-order valence-corrected chi connectivity index (χ3v) is 3.09. The summed E-state index contributed by atoms with van der Waals surface area (Å²) in [5, 5.41) is 0.764. The van der Waals surface area contributed by atoms with Crippen LogP contribution in [-0.4, -0.2) is 5.78 Å². The molecule has 0 fully saturated rings. The predicted octanol–water partition coefficient (Wildman–Crippen LogP) is 3.89. The Morgan fingerprint density at radius 3 is 2.53 bits per heavy atom. The molecule has 0 spiro atoms. The van der Waals surface area contributed by atoms with E-state index in [1.807, 2.05) is 31.2 Å². The number of ketones is 1. The summed E-state index contributed by atoms with van der Waals surface area (Å²) in [5.41, 5.74) is 1.08. The van der Waals surface area contributed by atoms with E-state index in [0.29, 0.717) is 12.2 Å². The van der Waals surface area contributed by atoms with Crippen molar-refractivity contribution in [3.8, 4) is 0 Å². The highest BCUT2D eigenvalue weighted by molar-refractivity contribution is 6.31. The van der Waals surface area contributed by atoms with Crippen LogP contribution >= 0.6 is 11.6 Å². The normalized spacial score (nSPS) is 12.5. The van der Waals surface area contributed by atoms with Gasteiger partial charge in [-0.05, 0) is 24.5 Å². The van der Waals surface area contributed by atoms with Crippen LogP contribution in [0.3, 0.4) is 0 Å². The second-order valence-electron chi connectivity index (χ2n) is 3.72. The SMILES string of the molecule is CCC(=O)C(CC)Cc1ccccc1Cl. The first-order valence-corrected chi connectivity index (χ1v) is 5.82. The Morgan fingerprint density at radius 2 is 2.00 bits per heavy atom. The molecular formula is C13H17ClO. The first kappa shape index (κ1) is 12.3. The Balaban J connectivity index is 2.75. The molecule has 1 rings (SSSR count). The average Bonchev–Trinajstić information content (AvgIpc) is 2.27. The van der Waals surface area contributed by atoms with Crippen LogP contribution in [0.25, 0.3) is 0 Å². The molecule has 1 unspecified atom stereocenters. The van der Waals surface area contributed by atoms with E-state index < -0.39 is 0 Å². The first-order valence-electron chi connectivity index (χ1n) is 5.45. The molecule has 0 radical (unpaired) electrons. The van der Waals surface area contributed by atoms with Crippen molar-refractivity contribution in [2.24, 2.45) is 5.92 Å². The van der Waals surface area contributed by atoms with E-state index in [1.165, 1.54) is 0 Å². The smallest absolute Gasteiger partial charge is 0.136 e. The maximum absolute atomic E-state index is 11.6. The molecule has 1 aromatic carbocycles. The largest absolute Gasteiger partial charge is 0.299 e. The van der Waals surface area contributed by atoms with Crippen molar-refractivity contribution in [1.82, 2.24) is 0 Å². The number of hydrogen-bond acceptors (Lipinski definition) is 1. The van der Waals surface area contributed by atoms with Gasteiger partial charge in [0.2, 0.25) is 0 Å². The molecule has 0 amide bonds. The molecule has 0 aliphatic heterocycles. The summed E-state index contributed by atoms with van der Waals surface area (Å²) in [5.74, 6) is 0.451. The molecule has 0 saturated carbocycles. The monoisotopic (exact) mass is 224 g/mol. The Labute approximate surface area is 96.5 Å². The summed E-state index contributed by atoms with van der Waals surface area (Å²) in [7, 11) is 0. The van der Waals surface area contributed by atoms with E-state index >= 15 is 0 Å². The van der Waals surface area contributed by atoms with Crippen LogP contribution < -0.4 is 0 Å². The zero-order chi connectivity index (χ0) is 11.3. The number of halogens is 1. The van der Waals surface area contributed by atoms with E-state index in [0.717, 1.165) is 23.4 Å². The Hall–Kier alpha value is -0.820. The molecule has 15 heavy (non-hydrogen) atoms. The van der Waals surface area contributed by atoms with Gasteiger partial charge in [0, 0.05) is 17.4 Å². The van der Waals surface area contributed by atoms with Crippen molar-refractivity contribution in [3.05, 3.63) is 34.9 Å². The highest BCUT2D eigenvalue weighted by Gasteiger charge is 2.15. The topological polar surface area (TPSA) is 17.1 Å². The van der Waals surface area contributed by atoms with Crippen LogP contribution in [0, 0.1) is 5.92 Å². The molecule has 2 heteroatoms. The van der Waals surface area contributed by atoms with Gasteiger partial charge in [-0.2, -0.15) is 0 Å². The van der Waals surface area contributed by atoms with Crippen LogP contribution in [0.5, 0.6) is 0 Å². The molecule has 82 valence electrons. The van der Waals surface area contributed by atoms with E-state index in [1.54, 1.807) is 0 Å². The molecule has 0 saturated heterocycles.